The van der Waals surface area contributed by atoms with Crippen LogP contribution in [0.25, 0.3) is 0 Å². The predicted octanol–water partition coefficient (Wildman–Crippen LogP) is 4.10. The molecular weight excluding hydrogens is 274 g/mol. The van der Waals surface area contributed by atoms with Gasteiger partial charge in [-0.1, -0.05) is 43.7 Å². The highest BCUT2D eigenvalue weighted by Gasteiger charge is 2.32. The van der Waals surface area contributed by atoms with E-state index in [2.05, 4.69) is 0 Å². The van der Waals surface area contributed by atoms with Crippen LogP contribution in [0.4, 0.5) is 0 Å². The third-order valence-corrected chi connectivity index (χ3v) is 4.26. The highest BCUT2D eigenvalue weighted by atomic mass is 16.2. The lowest BCUT2D eigenvalue weighted by Crippen LogP contribution is -2.46. The molecular formula is C19H29NO2. The molecule has 3 nitrogen and oxygen atoms in total. The Morgan fingerprint density at radius 3 is 1.68 bits per heavy atom. The van der Waals surface area contributed by atoms with Crippen molar-refractivity contribution in [2.45, 2.75) is 60.5 Å². The van der Waals surface area contributed by atoms with E-state index in [1.807, 2.05) is 77.6 Å². The number of benzene rings is 1. The predicted molar refractivity (Wildman–Crippen MR) is 91.0 cm³/mol. The summed E-state index contributed by atoms with van der Waals surface area (Å²) < 4.78 is 0. The summed E-state index contributed by atoms with van der Waals surface area (Å²) in [6, 6.07) is 7.82. The smallest absolute Gasteiger partial charge is 0.226 e. The molecule has 0 N–H and O–H groups in total. The van der Waals surface area contributed by atoms with Crippen LogP contribution in [0.1, 0.15) is 57.5 Å². The van der Waals surface area contributed by atoms with Crippen LogP contribution < -0.4 is 0 Å². The van der Waals surface area contributed by atoms with Gasteiger partial charge in [-0.05, 0) is 34.6 Å². The third kappa shape index (κ3) is 4.19. The lowest BCUT2D eigenvalue weighted by atomic mass is 9.86. The van der Waals surface area contributed by atoms with Crippen molar-refractivity contribution in [2.75, 3.05) is 0 Å². The van der Waals surface area contributed by atoms with Gasteiger partial charge in [-0.25, -0.2) is 0 Å². The second kappa shape index (κ2) is 7.57. The van der Waals surface area contributed by atoms with Gasteiger partial charge in [-0.15, -0.1) is 0 Å². The van der Waals surface area contributed by atoms with Crippen LogP contribution in [0.3, 0.4) is 0 Å². The van der Waals surface area contributed by atoms with Gasteiger partial charge in [0.1, 0.15) is 0 Å². The second-order valence-corrected chi connectivity index (χ2v) is 6.74. The van der Waals surface area contributed by atoms with Crippen LogP contribution in [-0.2, 0) is 4.79 Å². The summed E-state index contributed by atoms with van der Waals surface area (Å²) in [7, 11) is 0. The molecule has 0 aliphatic rings. The number of nitrogens with zero attached hydrogens (tertiary/aromatic N) is 1. The molecule has 122 valence electrons. The first kappa shape index (κ1) is 18.4. The fraction of sp³-hybridized carbons (Fsp3) is 0.579. The number of carbonyl (C=O) groups is 2. The molecule has 1 aromatic rings. The van der Waals surface area contributed by atoms with Gasteiger partial charge in [0.25, 0.3) is 0 Å². The average molecular weight is 303 g/mol. The van der Waals surface area contributed by atoms with Gasteiger partial charge in [-0.3, -0.25) is 9.59 Å². The zero-order chi connectivity index (χ0) is 17.0. The van der Waals surface area contributed by atoms with E-state index < -0.39 is 0 Å². The standard InChI is InChI=1S/C19H29NO2/c1-12(2)20(13(3)4)19(22)16(7)15(6)18(21)17-10-8-14(5)9-11-17/h8-13,15-16H,1-7H3/t15-,16-/m1/s1. The van der Waals surface area contributed by atoms with Crippen molar-refractivity contribution >= 4 is 11.7 Å². The van der Waals surface area contributed by atoms with Gasteiger partial charge in [0.2, 0.25) is 5.91 Å². The number of hydrogen-bond acceptors (Lipinski definition) is 2. The second-order valence-electron chi connectivity index (χ2n) is 6.74. The average Bonchev–Trinajstić information content (AvgIpc) is 2.44. The summed E-state index contributed by atoms with van der Waals surface area (Å²) in [5.41, 5.74) is 1.80. The van der Waals surface area contributed by atoms with Gasteiger partial charge in [0.05, 0.1) is 0 Å². The van der Waals surface area contributed by atoms with E-state index in [4.69, 9.17) is 0 Å². The number of rotatable bonds is 6. The molecule has 0 aliphatic carbocycles. The normalized spacial score (nSPS) is 14.0. The number of carbonyl (C=O) groups excluding carboxylic acids is 2. The van der Waals surface area contributed by atoms with E-state index in [-0.39, 0.29) is 35.6 Å². The van der Waals surface area contributed by atoms with Crippen molar-refractivity contribution in [1.29, 1.82) is 0 Å². The lowest BCUT2D eigenvalue weighted by molar-refractivity contribution is -0.139. The van der Waals surface area contributed by atoms with E-state index in [0.717, 1.165) is 5.56 Å². The highest BCUT2D eigenvalue weighted by Crippen LogP contribution is 2.22. The van der Waals surface area contributed by atoms with Crippen molar-refractivity contribution in [3.8, 4) is 0 Å². The van der Waals surface area contributed by atoms with Gasteiger partial charge >= 0.3 is 0 Å². The van der Waals surface area contributed by atoms with Gasteiger partial charge < -0.3 is 4.90 Å². The van der Waals surface area contributed by atoms with Crippen LogP contribution in [0.15, 0.2) is 24.3 Å². The number of hydrogen-bond donors (Lipinski definition) is 0. The maximum Gasteiger partial charge on any atom is 0.226 e. The molecule has 0 spiro atoms. The molecule has 0 aliphatic heterocycles. The minimum absolute atomic E-state index is 0.0355. The van der Waals surface area contributed by atoms with Crippen LogP contribution in [0.5, 0.6) is 0 Å². The largest absolute Gasteiger partial charge is 0.338 e. The molecule has 0 saturated carbocycles. The molecule has 0 radical (unpaired) electrons. The summed E-state index contributed by atoms with van der Waals surface area (Å²) in [6.07, 6.45) is 0. The summed E-state index contributed by atoms with van der Waals surface area (Å²) in [6.45, 7) is 13.7. The van der Waals surface area contributed by atoms with Gasteiger partial charge in [0.15, 0.2) is 5.78 Å². The molecule has 3 heteroatoms. The summed E-state index contributed by atoms with van der Waals surface area (Å²) in [5.74, 6) is -0.555. The van der Waals surface area contributed by atoms with E-state index >= 15 is 0 Å². The topological polar surface area (TPSA) is 37.4 Å². The Morgan fingerprint density at radius 1 is 0.818 bits per heavy atom. The highest BCUT2D eigenvalue weighted by molar-refractivity contribution is 6.00. The number of amides is 1. The van der Waals surface area contributed by atoms with Crippen LogP contribution in [0.2, 0.25) is 0 Å². The molecule has 2 atom stereocenters. The number of ketones is 1. The Bertz CT molecular complexity index is 509. The van der Waals surface area contributed by atoms with Gasteiger partial charge in [-0.2, -0.15) is 0 Å². The van der Waals surface area contributed by atoms with Crippen LogP contribution >= 0.6 is 0 Å². The van der Waals surface area contributed by atoms with Crippen LogP contribution in [-0.4, -0.2) is 28.7 Å². The molecule has 1 rings (SSSR count). The SMILES string of the molecule is Cc1ccc(C(=O)[C@H](C)[C@@H](C)C(=O)N(C(C)C)C(C)C)cc1. The zero-order valence-electron chi connectivity index (χ0n) is 14.9. The third-order valence-electron chi connectivity index (χ3n) is 4.26. The summed E-state index contributed by atoms with van der Waals surface area (Å²) in [4.78, 5) is 27.2. The minimum atomic E-state index is -0.324. The Hall–Kier alpha value is -1.64. The fourth-order valence-electron chi connectivity index (χ4n) is 2.76. The molecule has 1 amide bonds. The molecule has 0 heterocycles. The summed E-state index contributed by atoms with van der Waals surface area (Å²) in [5, 5.41) is 0. The molecule has 22 heavy (non-hydrogen) atoms. The Kier molecular flexibility index (Phi) is 6.34. The fourth-order valence-corrected chi connectivity index (χ4v) is 2.76. The maximum absolute atomic E-state index is 12.7. The molecule has 0 saturated heterocycles. The molecule has 0 fully saturated rings. The van der Waals surface area contributed by atoms with E-state index in [1.165, 1.54) is 0 Å². The quantitative estimate of drug-likeness (QED) is 0.742. The van der Waals surface area contributed by atoms with Crippen molar-refractivity contribution in [3.05, 3.63) is 35.4 Å². The van der Waals surface area contributed by atoms with Crippen molar-refractivity contribution in [1.82, 2.24) is 4.90 Å². The Morgan fingerprint density at radius 2 is 1.27 bits per heavy atom. The van der Waals surface area contributed by atoms with Gasteiger partial charge in [0, 0.05) is 29.5 Å². The Labute approximate surface area is 134 Å². The van der Waals surface area contributed by atoms with Crippen LogP contribution in [0, 0.1) is 18.8 Å². The molecule has 0 bridgehead atoms. The monoisotopic (exact) mass is 303 g/mol. The number of aryl methyl sites for hydroxylation is 1. The first-order valence-corrected chi connectivity index (χ1v) is 8.09. The first-order valence-electron chi connectivity index (χ1n) is 8.09. The lowest BCUT2D eigenvalue weighted by Gasteiger charge is -2.34. The first-order chi connectivity index (χ1) is 10.2. The molecule has 1 aromatic carbocycles. The van der Waals surface area contributed by atoms with Crippen molar-refractivity contribution in [3.63, 3.8) is 0 Å². The number of Topliss-reactive ketones (excluding diaryl/α,β-unsaturated/α-hetero) is 1. The van der Waals surface area contributed by atoms with E-state index in [0.29, 0.717) is 5.56 Å². The van der Waals surface area contributed by atoms with E-state index in [9.17, 15) is 9.59 Å². The molecule has 0 aromatic heterocycles. The Balaban J connectivity index is 2.91. The zero-order valence-corrected chi connectivity index (χ0v) is 14.9. The molecule has 0 unspecified atom stereocenters. The minimum Gasteiger partial charge on any atom is -0.338 e. The maximum atomic E-state index is 12.7. The van der Waals surface area contributed by atoms with Crippen molar-refractivity contribution < 1.29 is 9.59 Å². The summed E-state index contributed by atoms with van der Waals surface area (Å²) >= 11 is 0. The van der Waals surface area contributed by atoms with Crippen molar-refractivity contribution in [2.24, 2.45) is 11.8 Å². The van der Waals surface area contributed by atoms with E-state index in [1.54, 1.807) is 0 Å².